The Morgan fingerprint density at radius 3 is 2.36 bits per heavy atom. The first kappa shape index (κ1) is 20.6. The van der Waals surface area contributed by atoms with E-state index in [-0.39, 0.29) is 36.5 Å². The fourth-order valence-electron chi connectivity index (χ4n) is 1.62. The highest BCUT2D eigenvalue weighted by atomic mass is 35.5. The van der Waals surface area contributed by atoms with Crippen molar-refractivity contribution in [2.75, 3.05) is 6.54 Å². The summed E-state index contributed by atoms with van der Waals surface area (Å²) in [5, 5.41) is 2.83. The van der Waals surface area contributed by atoms with Gasteiger partial charge in [-0.25, -0.2) is 8.78 Å². The molecule has 3 N–H and O–H groups in total. The second-order valence-electron chi connectivity index (χ2n) is 5.60. The SMILES string of the molecule is CC(Oc1ccc(F)c(F)c1)C(=O)NC(C)(CN)C(C)C.Cl. The third-order valence-corrected chi connectivity index (χ3v) is 3.68. The van der Waals surface area contributed by atoms with Crippen molar-refractivity contribution in [1.29, 1.82) is 0 Å². The van der Waals surface area contributed by atoms with Crippen molar-refractivity contribution in [3.63, 3.8) is 0 Å². The lowest BCUT2D eigenvalue weighted by Crippen LogP contribution is -2.57. The van der Waals surface area contributed by atoms with Gasteiger partial charge in [0, 0.05) is 12.6 Å². The zero-order chi connectivity index (χ0) is 16.2. The molecule has 0 bridgehead atoms. The molecule has 0 saturated carbocycles. The number of nitrogens with two attached hydrogens (primary N) is 1. The van der Waals surface area contributed by atoms with Gasteiger partial charge in [-0.1, -0.05) is 13.8 Å². The van der Waals surface area contributed by atoms with Crippen molar-refractivity contribution >= 4 is 18.3 Å². The lowest BCUT2D eigenvalue weighted by Gasteiger charge is -2.34. The van der Waals surface area contributed by atoms with Crippen LogP contribution in [0, 0.1) is 17.6 Å². The number of hydrogen-bond donors (Lipinski definition) is 2. The van der Waals surface area contributed by atoms with Gasteiger partial charge < -0.3 is 15.8 Å². The molecule has 2 atom stereocenters. The maximum absolute atomic E-state index is 13.1. The van der Waals surface area contributed by atoms with E-state index in [4.69, 9.17) is 10.5 Å². The first-order valence-corrected chi connectivity index (χ1v) is 6.83. The standard InChI is InChI=1S/C15H22F2N2O2.ClH/c1-9(2)15(4,8-18)19-14(20)10(3)21-11-5-6-12(16)13(17)7-11;/h5-7,9-10H,8,18H2,1-4H3,(H,19,20);1H. The Morgan fingerprint density at radius 2 is 1.91 bits per heavy atom. The van der Waals surface area contributed by atoms with Gasteiger partial charge in [-0.05, 0) is 31.9 Å². The zero-order valence-corrected chi connectivity index (χ0v) is 14.0. The minimum atomic E-state index is -1.02. The molecule has 0 spiro atoms. The van der Waals surface area contributed by atoms with Crippen LogP contribution in [0.4, 0.5) is 8.78 Å². The lowest BCUT2D eigenvalue weighted by molar-refractivity contribution is -0.129. The van der Waals surface area contributed by atoms with Crippen LogP contribution in [0.2, 0.25) is 0 Å². The summed E-state index contributed by atoms with van der Waals surface area (Å²) in [6.07, 6.45) is -0.848. The highest BCUT2D eigenvalue weighted by Gasteiger charge is 2.30. The number of ether oxygens (including phenoxy) is 1. The average Bonchev–Trinajstić information content (AvgIpc) is 2.42. The minimum Gasteiger partial charge on any atom is -0.481 e. The molecule has 7 heteroatoms. The molecule has 0 fully saturated rings. The molecular formula is C15H23ClF2N2O2. The van der Waals surface area contributed by atoms with Crippen molar-refractivity contribution in [3.05, 3.63) is 29.8 Å². The quantitative estimate of drug-likeness (QED) is 0.839. The monoisotopic (exact) mass is 336 g/mol. The smallest absolute Gasteiger partial charge is 0.261 e. The van der Waals surface area contributed by atoms with Crippen molar-refractivity contribution in [2.24, 2.45) is 11.7 Å². The second-order valence-corrected chi connectivity index (χ2v) is 5.60. The number of rotatable bonds is 6. The molecule has 0 radical (unpaired) electrons. The van der Waals surface area contributed by atoms with Crippen molar-refractivity contribution in [1.82, 2.24) is 5.32 Å². The molecule has 0 aliphatic heterocycles. The summed E-state index contributed by atoms with van der Waals surface area (Å²) in [5.41, 5.74) is 5.15. The number of benzene rings is 1. The van der Waals surface area contributed by atoms with Crippen LogP contribution in [0.3, 0.4) is 0 Å². The Bertz CT molecular complexity index is 514. The first-order valence-electron chi connectivity index (χ1n) is 6.83. The second kappa shape index (κ2) is 8.29. The largest absolute Gasteiger partial charge is 0.481 e. The fourth-order valence-corrected chi connectivity index (χ4v) is 1.62. The molecule has 1 rings (SSSR count). The van der Waals surface area contributed by atoms with E-state index in [9.17, 15) is 13.6 Å². The van der Waals surface area contributed by atoms with Crippen LogP contribution in [0.25, 0.3) is 0 Å². The zero-order valence-electron chi connectivity index (χ0n) is 13.2. The van der Waals surface area contributed by atoms with E-state index in [0.717, 1.165) is 12.1 Å². The van der Waals surface area contributed by atoms with Crippen molar-refractivity contribution in [2.45, 2.75) is 39.3 Å². The van der Waals surface area contributed by atoms with Crippen LogP contribution in [0.5, 0.6) is 5.75 Å². The van der Waals surface area contributed by atoms with E-state index in [0.29, 0.717) is 0 Å². The van der Waals surface area contributed by atoms with Gasteiger partial charge in [0.2, 0.25) is 0 Å². The van der Waals surface area contributed by atoms with Crippen LogP contribution in [-0.4, -0.2) is 24.1 Å². The molecule has 0 saturated heterocycles. The van der Waals surface area contributed by atoms with Crippen molar-refractivity contribution in [3.8, 4) is 5.75 Å². The van der Waals surface area contributed by atoms with Gasteiger partial charge >= 0.3 is 0 Å². The van der Waals surface area contributed by atoms with E-state index in [2.05, 4.69) is 5.32 Å². The molecule has 22 heavy (non-hydrogen) atoms. The van der Waals surface area contributed by atoms with Gasteiger partial charge in [-0.3, -0.25) is 4.79 Å². The van der Waals surface area contributed by atoms with Crippen LogP contribution in [0.1, 0.15) is 27.7 Å². The third kappa shape index (κ3) is 5.10. The summed E-state index contributed by atoms with van der Waals surface area (Å²) >= 11 is 0. The fraction of sp³-hybridized carbons (Fsp3) is 0.533. The van der Waals surface area contributed by atoms with Gasteiger partial charge in [0.25, 0.3) is 5.91 Å². The highest BCUT2D eigenvalue weighted by Crippen LogP contribution is 2.18. The molecular weight excluding hydrogens is 314 g/mol. The Balaban J connectivity index is 0.00000441. The lowest BCUT2D eigenvalue weighted by atomic mass is 9.88. The minimum absolute atomic E-state index is 0. The Labute approximate surface area is 135 Å². The summed E-state index contributed by atoms with van der Waals surface area (Å²) in [5.74, 6) is -2.11. The number of amides is 1. The molecule has 126 valence electrons. The summed E-state index contributed by atoms with van der Waals surface area (Å²) in [6, 6.07) is 3.13. The van der Waals surface area contributed by atoms with E-state index in [1.165, 1.54) is 13.0 Å². The Hall–Kier alpha value is -1.40. The summed E-state index contributed by atoms with van der Waals surface area (Å²) in [6.45, 7) is 7.57. The van der Waals surface area contributed by atoms with Gasteiger partial charge in [0.1, 0.15) is 5.75 Å². The molecule has 0 aliphatic rings. The number of nitrogens with one attached hydrogen (secondary N) is 1. The maximum atomic E-state index is 13.1. The predicted octanol–water partition coefficient (Wildman–Crippen LogP) is 2.64. The van der Waals surface area contributed by atoms with Gasteiger partial charge in [0.15, 0.2) is 17.7 Å². The number of carbonyl (C=O) groups excluding carboxylic acids is 1. The van der Waals surface area contributed by atoms with Gasteiger partial charge in [-0.2, -0.15) is 0 Å². The predicted molar refractivity (Wildman–Crippen MR) is 84.1 cm³/mol. The highest BCUT2D eigenvalue weighted by molar-refractivity contribution is 5.85. The third-order valence-electron chi connectivity index (χ3n) is 3.68. The molecule has 1 aromatic carbocycles. The number of hydrogen-bond acceptors (Lipinski definition) is 3. The maximum Gasteiger partial charge on any atom is 0.261 e. The van der Waals surface area contributed by atoms with E-state index >= 15 is 0 Å². The number of halogens is 3. The Morgan fingerprint density at radius 1 is 1.32 bits per heavy atom. The molecule has 0 aromatic heterocycles. The summed E-state index contributed by atoms with van der Waals surface area (Å²) in [7, 11) is 0. The molecule has 1 aromatic rings. The molecule has 0 heterocycles. The summed E-state index contributed by atoms with van der Waals surface area (Å²) in [4.78, 5) is 12.1. The van der Waals surface area contributed by atoms with E-state index in [1.807, 2.05) is 20.8 Å². The van der Waals surface area contributed by atoms with E-state index < -0.39 is 23.3 Å². The van der Waals surface area contributed by atoms with Crippen molar-refractivity contribution < 1.29 is 18.3 Å². The number of carbonyl (C=O) groups is 1. The topological polar surface area (TPSA) is 64.3 Å². The molecule has 1 amide bonds. The first-order chi connectivity index (χ1) is 9.69. The van der Waals surface area contributed by atoms with Crippen LogP contribution in [0.15, 0.2) is 18.2 Å². The normalized spacial score (nSPS) is 14.7. The molecule has 0 aliphatic carbocycles. The van der Waals surface area contributed by atoms with E-state index in [1.54, 1.807) is 0 Å². The van der Waals surface area contributed by atoms with Crippen LogP contribution >= 0.6 is 12.4 Å². The van der Waals surface area contributed by atoms with Gasteiger partial charge in [0.05, 0.1) is 5.54 Å². The summed E-state index contributed by atoms with van der Waals surface area (Å²) < 4.78 is 31.2. The Kier molecular flexibility index (Phi) is 7.76. The van der Waals surface area contributed by atoms with Crippen LogP contribution in [-0.2, 0) is 4.79 Å². The van der Waals surface area contributed by atoms with Gasteiger partial charge in [-0.15, -0.1) is 12.4 Å². The molecule has 4 nitrogen and oxygen atoms in total. The molecule has 2 unspecified atom stereocenters. The average molecular weight is 337 g/mol. The van der Waals surface area contributed by atoms with Crippen LogP contribution < -0.4 is 15.8 Å².